The van der Waals surface area contributed by atoms with E-state index in [2.05, 4.69) is 16.6 Å². The van der Waals surface area contributed by atoms with E-state index in [1.165, 1.54) is 12.1 Å². The van der Waals surface area contributed by atoms with E-state index < -0.39 is 5.97 Å². The largest absolute Gasteiger partial charge is 0.458 e. The molecule has 7 nitrogen and oxygen atoms in total. The Morgan fingerprint density at radius 2 is 2.05 bits per heavy atom. The molecular formula is C13H17N5O2. The lowest BCUT2D eigenvalue weighted by Crippen LogP contribution is -2.26. The number of carbonyl (C=O) groups excluding carboxylic acids is 1. The van der Waals surface area contributed by atoms with Crippen molar-refractivity contribution in [2.75, 3.05) is 6.61 Å². The minimum Gasteiger partial charge on any atom is -0.458 e. The molecule has 0 fully saturated rings. The number of aryl methyl sites for hydroxylation is 1. The van der Waals surface area contributed by atoms with Crippen molar-refractivity contribution in [2.45, 2.75) is 6.92 Å². The van der Waals surface area contributed by atoms with Gasteiger partial charge in [0.25, 0.3) is 0 Å². The SMILES string of the molecule is C=CCOC(=O)c1cc(C)cc(N=C(N)N=C(N)N)c1. The Bertz CT molecular complexity index is 574. The van der Waals surface area contributed by atoms with Crippen molar-refractivity contribution < 1.29 is 9.53 Å². The zero-order chi connectivity index (χ0) is 15.1. The number of ether oxygens (including phenoxy) is 1. The second-order valence-corrected chi connectivity index (χ2v) is 3.95. The molecule has 0 saturated heterocycles. The van der Waals surface area contributed by atoms with Crippen LogP contribution in [0.25, 0.3) is 0 Å². The first-order valence-electron chi connectivity index (χ1n) is 5.76. The summed E-state index contributed by atoms with van der Waals surface area (Å²) in [5, 5.41) is 0. The highest BCUT2D eigenvalue weighted by Gasteiger charge is 2.08. The number of rotatable bonds is 4. The van der Waals surface area contributed by atoms with Crippen molar-refractivity contribution in [1.82, 2.24) is 0 Å². The summed E-state index contributed by atoms with van der Waals surface area (Å²) in [6.45, 7) is 5.43. The molecule has 0 heterocycles. The van der Waals surface area contributed by atoms with Gasteiger partial charge in [0, 0.05) is 0 Å². The van der Waals surface area contributed by atoms with E-state index in [1.54, 1.807) is 12.1 Å². The van der Waals surface area contributed by atoms with Gasteiger partial charge in [-0.3, -0.25) is 0 Å². The lowest BCUT2D eigenvalue weighted by Gasteiger charge is -2.05. The van der Waals surface area contributed by atoms with Gasteiger partial charge in [0.15, 0.2) is 5.96 Å². The molecule has 0 aliphatic heterocycles. The fourth-order valence-electron chi connectivity index (χ4n) is 1.45. The fraction of sp³-hybridized carbons (Fsp3) is 0.154. The fourth-order valence-corrected chi connectivity index (χ4v) is 1.45. The molecule has 20 heavy (non-hydrogen) atoms. The average molecular weight is 275 g/mol. The summed E-state index contributed by atoms with van der Waals surface area (Å²) in [5.41, 5.74) is 17.6. The molecule has 0 atom stereocenters. The van der Waals surface area contributed by atoms with Crippen LogP contribution in [0.4, 0.5) is 5.69 Å². The molecule has 0 amide bonds. The lowest BCUT2D eigenvalue weighted by atomic mass is 10.1. The third-order valence-electron chi connectivity index (χ3n) is 2.12. The summed E-state index contributed by atoms with van der Waals surface area (Å²) in [5.74, 6) is -0.754. The number of guanidine groups is 2. The Labute approximate surface area is 116 Å². The van der Waals surface area contributed by atoms with E-state index in [0.29, 0.717) is 11.3 Å². The molecule has 1 aromatic carbocycles. The van der Waals surface area contributed by atoms with Crippen LogP contribution in [-0.4, -0.2) is 24.5 Å². The monoisotopic (exact) mass is 275 g/mol. The van der Waals surface area contributed by atoms with Gasteiger partial charge in [-0.2, -0.15) is 4.99 Å². The molecule has 1 aromatic rings. The molecule has 0 aliphatic carbocycles. The molecule has 0 aromatic heterocycles. The van der Waals surface area contributed by atoms with Crippen molar-refractivity contribution in [3.8, 4) is 0 Å². The maximum atomic E-state index is 11.8. The summed E-state index contributed by atoms with van der Waals surface area (Å²) in [6.07, 6.45) is 1.49. The topological polar surface area (TPSA) is 129 Å². The molecule has 0 saturated carbocycles. The van der Waals surface area contributed by atoms with Crippen LogP contribution in [0.1, 0.15) is 15.9 Å². The summed E-state index contributed by atoms with van der Waals surface area (Å²) in [7, 11) is 0. The summed E-state index contributed by atoms with van der Waals surface area (Å²) < 4.78 is 4.95. The first kappa shape index (κ1) is 15.2. The summed E-state index contributed by atoms with van der Waals surface area (Å²) in [4.78, 5) is 19.4. The number of nitrogens with zero attached hydrogens (tertiary/aromatic N) is 2. The van der Waals surface area contributed by atoms with Crippen LogP contribution in [-0.2, 0) is 4.74 Å². The average Bonchev–Trinajstić information content (AvgIpc) is 2.33. The third-order valence-corrected chi connectivity index (χ3v) is 2.12. The van der Waals surface area contributed by atoms with Crippen LogP contribution < -0.4 is 17.2 Å². The van der Waals surface area contributed by atoms with Gasteiger partial charge in [0.1, 0.15) is 6.61 Å². The Balaban J connectivity index is 3.05. The second kappa shape index (κ2) is 6.93. The zero-order valence-electron chi connectivity index (χ0n) is 11.2. The molecule has 0 unspecified atom stereocenters. The van der Waals surface area contributed by atoms with Gasteiger partial charge >= 0.3 is 5.97 Å². The van der Waals surface area contributed by atoms with Gasteiger partial charge in [-0.1, -0.05) is 12.7 Å². The second-order valence-electron chi connectivity index (χ2n) is 3.95. The molecule has 106 valence electrons. The molecule has 7 heteroatoms. The molecule has 0 radical (unpaired) electrons. The van der Waals surface area contributed by atoms with Crippen molar-refractivity contribution in [3.05, 3.63) is 42.0 Å². The number of carbonyl (C=O) groups is 1. The van der Waals surface area contributed by atoms with Crippen molar-refractivity contribution >= 4 is 23.6 Å². The highest BCUT2D eigenvalue weighted by atomic mass is 16.5. The number of aliphatic imine (C=N–C) groups is 2. The van der Waals surface area contributed by atoms with Crippen molar-refractivity contribution in [3.63, 3.8) is 0 Å². The lowest BCUT2D eigenvalue weighted by molar-refractivity contribution is 0.0549. The van der Waals surface area contributed by atoms with E-state index in [0.717, 1.165) is 5.56 Å². The maximum Gasteiger partial charge on any atom is 0.338 e. The molecule has 0 bridgehead atoms. The quantitative estimate of drug-likeness (QED) is 0.320. The van der Waals surface area contributed by atoms with Crippen molar-refractivity contribution in [1.29, 1.82) is 0 Å². The van der Waals surface area contributed by atoms with Crippen LogP contribution in [0.5, 0.6) is 0 Å². The molecule has 0 spiro atoms. The van der Waals surface area contributed by atoms with Crippen LogP contribution in [0.15, 0.2) is 40.8 Å². The minimum absolute atomic E-state index is 0.0963. The normalized spacial score (nSPS) is 10.8. The van der Waals surface area contributed by atoms with Gasteiger partial charge in [-0.25, -0.2) is 9.79 Å². The van der Waals surface area contributed by atoms with Crippen LogP contribution in [0, 0.1) is 6.92 Å². The highest BCUT2D eigenvalue weighted by Crippen LogP contribution is 2.18. The molecular weight excluding hydrogens is 258 g/mol. The van der Waals surface area contributed by atoms with E-state index in [4.69, 9.17) is 21.9 Å². The summed E-state index contributed by atoms with van der Waals surface area (Å²) >= 11 is 0. The third kappa shape index (κ3) is 4.81. The Kier molecular flexibility index (Phi) is 5.28. The maximum absolute atomic E-state index is 11.8. The van der Waals surface area contributed by atoms with Crippen LogP contribution >= 0.6 is 0 Å². The van der Waals surface area contributed by atoms with E-state index in [-0.39, 0.29) is 18.5 Å². The Hall–Kier alpha value is -2.83. The standard InChI is InChI=1S/C13H17N5O2/c1-3-4-20-11(19)9-5-8(2)6-10(7-9)17-13(16)18-12(14)15/h3,5-7H,1,4H2,2H3,(H6,14,15,16,17,18). The van der Waals surface area contributed by atoms with Gasteiger partial charge in [-0.15, -0.1) is 0 Å². The predicted molar refractivity (Wildman–Crippen MR) is 78.8 cm³/mol. The number of esters is 1. The first-order valence-corrected chi connectivity index (χ1v) is 5.76. The van der Waals surface area contributed by atoms with Gasteiger partial charge in [0.05, 0.1) is 11.3 Å². The van der Waals surface area contributed by atoms with Crippen LogP contribution in [0.3, 0.4) is 0 Å². The number of hydrogen-bond acceptors (Lipinski definition) is 3. The number of benzene rings is 1. The predicted octanol–water partition coefficient (Wildman–Crippen LogP) is 0.557. The van der Waals surface area contributed by atoms with E-state index in [9.17, 15) is 4.79 Å². The molecule has 0 aliphatic rings. The Morgan fingerprint density at radius 3 is 2.65 bits per heavy atom. The zero-order valence-corrected chi connectivity index (χ0v) is 11.2. The molecule has 1 rings (SSSR count). The van der Waals surface area contributed by atoms with Crippen LogP contribution in [0.2, 0.25) is 0 Å². The smallest absolute Gasteiger partial charge is 0.338 e. The highest BCUT2D eigenvalue weighted by molar-refractivity contribution is 5.94. The van der Waals surface area contributed by atoms with E-state index >= 15 is 0 Å². The van der Waals surface area contributed by atoms with Gasteiger partial charge < -0.3 is 21.9 Å². The van der Waals surface area contributed by atoms with E-state index in [1.807, 2.05) is 6.92 Å². The summed E-state index contributed by atoms with van der Waals surface area (Å²) in [6, 6.07) is 4.95. The first-order chi connectivity index (χ1) is 9.42. The number of hydrogen-bond donors (Lipinski definition) is 3. The van der Waals surface area contributed by atoms with Crippen molar-refractivity contribution in [2.24, 2.45) is 27.2 Å². The van der Waals surface area contributed by atoms with Gasteiger partial charge in [-0.05, 0) is 30.7 Å². The minimum atomic E-state index is -0.467. The molecule has 6 N–H and O–H groups in total. The van der Waals surface area contributed by atoms with Gasteiger partial charge in [0.2, 0.25) is 5.96 Å². The number of nitrogens with two attached hydrogens (primary N) is 3. The Morgan fingerprint density at radius 1 is 1.35 bits per heavy atom.